The molecule has 0 spiro atoms. The van der Waals surface area contributed by atoms with Crippen LogP contribution in [0, 0.1) is 16.6 Å². The van der Waals surface area contributed by atoms with Gasteiger partial charge in [-0.3, -0.25) is 0 Å². The molecule has 18 heavy (non-hydrogen) atoms. The minimum absolute atomic E-state index is 0.170. The molecule has 2 N–H and O–H groups in total. The molecule has 2 aromatic rings. The van der Waals surface area contributed by atoms with Crippen LogP contribution < -0.4 is 5.73 Å². The molecule has 0 radical (unpaired) electrons. The first-order valence-corrected chi connectivity index (χ1v) is 6.20. The topological polar surface area (TPSA) is 43.8 Å². The van der Waals surface area contributed by atoms with E-state index < -0.39 is 0 Å². The highest BCUT2D eigenvalue weighted by atomic mass is 19.1. The maximum Gasteiger partial charge on any atom is 0.201 e. The molecule has 96 valence electrons. The van der Waals surface area contributed by atoms with Crippen LogP contribution in [0.15, 0.2) is 18.2 Å². The molecule has 1 aliphatic rings. The van der Waals surface area contributed by atoms with E-state index in [0.717, 1.165) is 5.52 Å². The van der Waals surface area contributed by atoms with Gasteiger partial charge in [-0.15, -0.1) is 0 Å². The Kier molecular flexibility index (Phi) is 1.95. The molecule has 0 aliphatic heterocycles. The predicted molar refractivity (Wildman–Crippen MR) is 70.7 cm³/mol. The van der Waals surface area contributed by atoms with Crippen molar-refractivity contribution in [2.75, 3.05) is 5.73 Å². The summed E-state index contributed by atoms with van der Waals surface area (Å²) in [5, 5.41) is 0. The van der Waals surface area contributed by atoms with Gasteiger partial charge in [0.2, 0.25) is 5.95 Å². The third-order valence-electron chi connectivity index (χ3n) is 4.88. The number of aromatic nitrogens is 2. The second kappa shape index (κ2) is 3.05. The average Bonchev–Trinajstić information content (AvgIpc) is 2.52. The van der Waals surface area contributed by atoms with Crippen molar-refractivity contribution < 1.29 is 4.39 Å². The fraction of sp³-hybridized carbons (Fsp3) is 0.500. The number of hydrogen-bond acceptors (Lipinski definition) is 2. The van der Waals surface area contributed by atoms with E-state index in [1.165, 1.54) is 12.1 Å². The van der Waals surface area contributed by atoms with Gasteiger partial charge in [0, 0.05) is 12.1 Å². The maximum atomic E-state index is 13.2. The molecule has 1 aliphatic carbocycles. The van der Waals surface area contributed by atoms with Gasteiger partial charge in [0.1, 0.15) is 5.82 Å². The summed E-state index contributed by atoms with van der Waals surface area (Å²) in [5.41, 5.74) is 7.90. The van der Waals surface area contributed by atoms with E-state index in [9.17, 15) is 4.39 Å². The Balaban J connectivity index is 2.23. The van der Waals surface area contributed by atoms with Crippen molar-refractivity contribution in [2.45, 2.75) is 33.7 Å². The summed E-state index contributed by atoms with van der Waals surface area (Å²) in [6.07, 6.45) is 0. The highest BCUT2D eigenvalue weighted by Crippen LogP contribution is 2.72. The van der Waals surface area contributed by atoms with Crippen LogP contribution in [-0.4, -0.2) is 9.55 Å². The Bertz CT molecular complexity index is 626. The SMILES string of the molecule is CC1(C)C(n2c(N)nc3cc(F)ccc32)C1(C)C. The van der Waals surface area contributed by atoms with Gasteiger partial charge >= 0.3 is 0 Å². The summed E-state index contributed by atoms with van der Waals surface area (Å²) >= 11 is 0. The second-order valence-electron chi connectivity index (χ2n) is 6.32. The number of benzene rings is 1. The van der Waals surface area contributed by atoms with Crippen LogP contribution in [0.1, 0.15) is 33.7 Å². The van der Waals surface area contributed by atoms with Crippen LogP contribution in [0.5, 0.6) is 0 Å². The number of imidazole rings is 1. The molecule has 3 nitrogen and oxygen atoms in total. The highest BCUT2D eigenvalue weighted by Gasteiger charge is 2.66. The largest absolute Gasteiger partial charge is 0.369 e. The Labute approximate surface area is 106 Å². The fourth-order valence-electron chi connectivity index (χ4n) is 3.17. The summed E-state index contributed by atoms with van der Waals surface area (Å²) in [5.74, 6) is 0.195. The number of nitrogens with two attached hydrogens (primary N) is 1. The first-order valence-electron chi connectivity index (χ1n) is 6.20. The lowest BCUT2D eigenvalue weighted by Gasteiger charge is -2.08. The van der Waals surface area contributed by atoms with Crippen LogP contribution in [0.4, 0.5) is 10.3 Å². The second-order valence-corrected chi connectivity index (χ2v) is 6.32. The molecule has 1 aromatic heterocycles. The lowest BCUT2D eigenvalue weighted by atomic mass is 10.0. The number of hydrogen-bond donors (Lipinski definition) is 1. The zero-order valence-corrected chi connectivity index (χ0v) is 11.2. The average molecular weight is 247 g/mol. The van der Waals surface area contributed by atoms with Gasteiger partial charge in [-0.1, -0.05) is 27.7 Å². The summed E-state index contributed by atoms with van der Waals surface area (Å²) in [7, 11) is 0. The van der Waals surface area contributed by atoms with Crippen molar-refractivity contribution in [3.05, 3.63) is 24.0 Å². The van der Waals surface area contributed by atoms with Gasteiger partial charge in [0.05, 0.1) is 11.0 Å². The van der Waals surface area contributed by atoms with Crippen molar-refractivity contribution in [1.29, 1.82) is 0 Å². The van der Waals surface area contributed by atoms with E-state index in [0.29, 0.717) is 17.5 Å². The van der Waals surface area contributed by atoms with Gasteiger partial charge in [-0.2, -0.15) is 0 Å². The Morgan fingerprint density at radius 3 is 2.39 bits per heavy atom. The molecular weight excluding hydrogens is 229 g/mol. The van der Waals surface area contributed by atoms with E-state index in [4.69, 9.17) is 5.73 Å². The lowest BCUT2D eigenvalue weighted by Crippen LogP contribution is -2.05. The standard InChI is InChI=1S/C14H18FN3/c1-13(2)11(14(13,3)4)18-10-6-5-8(15)7-9(10)17-12(18)16/h5-7,11H,1-4H3,(H2,16,17). The van der Waals surface area contributed by atoms with Gasteiger partial charge in [0.15, 0.2) is 0 Å². The summed E-state index contributed by atoms with van der Waals surface area (Å²) in [6, 6.07) is 4.96. The number of rotatable bonds is 1. The molecule has 1 aromatic carbocycles. The summed E-state index contributed by atoms with van der Waals surface area (Å²) in [6.45, 7) is 8.91. The van der Waals surface area contributed by atoms with E-state index in [2.05, 4.69) is 37.2 Å². The van der Waals surface area contributed by atoms with Gasteiger partial charge < -0.3 is 10.3 Å². The van der Waals surface area contributed by atoms with E-state index >= 15 is 0 Å². The summed E-state index contributed by atoms with van der Waals surface area (Å²) < 4.78 is 15.3. The predicted octanol–water partition coefficient (Wildman–Crippen LogP) is 3.36. The smallest absolute Gasteiger partial charge is 0.201 e. The monoisotopic (exact) mass is 247 g/mol. The van der Waals surface area contributed by atoms with Gasteiger partial charge in [-0.05, 0) is 23.0 Å². The first-order chi connectivity index (χ1) is 8.26. The Morgan fingerprint density at radius 1 is 1.22 bits per heavy atom. The molecule has 3 rings (SSSR count). The third-order valence-corrected chi connectivity index (χ3v) is 4.88. The fourth-order valence-corrected chi connectivity index (χ4v) is 3.17. The van der Waals surface area contributed by atoms with Crippen molar-refractivity contribution >= 4 is 17.0 Å². The summed E-state index contributed by atoms with van der Waals surface area (Å²) in [4.78, 5) is 4.27. The molecule has 0 saturated heterocycles. The number of anilines is 1. The van der Waals surface area contributed by atoms with Gasteiger partial charge in [0.25, 0.3) is 0 Å². The number of nitrogens with zero attached hydrogens (tertiary/aromatic N) is 2. The van der Waals surface area contributed by atoms with E-state index in [-0.39, 0.29) is 16.6 Å². The minimum atomic E-state index is -0.276. The van der Waals surface area contributed by atoms with Crippen LogP contribution in [0.2, 0.25) is 0 Å². The molecule has 1 saturated carbocycles. The number of fused-ring (bicyclic) bond motifs is 1. The highest BCUT2D eigenvalue weighted by molar-refractivity contribution is 5.79. The molecule has 0 atom stereocenters. The zero-order valence-electron chi connectivity index (χ0n) is 11.2. The number of nitrogen functional groups attached to an aromatic ring is 1. The maximum absolute atomic E-state index is 13.2. The minimum Gasteiger partial charge on any atom is -0.369 e. The first kappa shape index (κ1) is 11.5. The Hall–Kier alpha value is -1.58. The van der Waals surface area contributed by atoms with Crippen LogP contribution >= 0.6 is 0 Å². The molecule has 0 bridgehead atoms. The zero-order chi connectivity index (χ0) is 13.3. The normalized spacial score (nSPS) is 21.4. The van der Waals surface area contributed by atoms with E-state index in [1.807, 2.05) is 0 Å². The lowest BCUT2D eigenvalue weighted by molar-refractivity contribution is 0.457. The molecular formula is C14H18FN3. The molecule has 1 fully saturated rings. The van der Waals surface area contributed by atoms with Crippen molar-refractivity contribution in [3.8, 4) is 0 Å². The third kappa shape index (κ3) is 1.21. The molecule has 1 heterocycles. The number of halogens is 1. The quantitative estimate of drug-likeness (QED) is 0.839. The van der Waals surface area contributed by atoms with Crippen LogP contribution in [0.25, 0.3) is 11.0 Å². The van der Waals surface area contributed by atoms with E-state index in [1.54, 1.807) is 6.07 Å². The van der Waals surface area contributed by atoms with Crippen molar-refractivity contribution in [3.63, 3.8) is 0 Å². The van der Waals surface area contributed by atoms with Crippen LogP contribution in [0.3, 0.4) is 0 Å². The van der Waals surface area contributed by atoms with Crippen molar-refractivity contribution in [1.82, 2.24) is 9.55 Å². The van der Waals surface area contributed by atoms with Crippen molar-refractivity contribution in [2.24, 2.45) is 10.8 Å². The molecule has 4 heteroatoms. The molecule has 0 amide bonds. The van der Waals surface area contributed by atoms with Crippen LogP contribution in [-0.2, 0) is 0 Å². The van der Waals surface area contributed by atoms with Gasteiger partial charge in [-0.25, -0.2) is 9.37 Å². The Morgan fingerprint density at radius 2 is 1.83 bits per heavy atom. The molecule has 0 unspecified atom stereocenters.